The molecule has 3 nitrogen and oxygen atoms in total. The van der Waals surface area contributed by atoms with Crippen LogP contribution in [0, 0.1) is 6.07 Å². The Bertz CT molecular complexity index is 332. The van der Waals surface area contributed by atoms with E-state index < -0.39 is 0 Å². The minimum atomic E-state index is 0.0497. The minimum absolute atomic E-state index is 0.0497. The summed E-state index contributed by atoms with van der Waals surface area (Å²) < 4.78 is 0. The van der Waals surface area contributed by atoms with Crippen LogP contribution in [0.3, 0.4) is 0 Å². The molecule has 0 unspecified atom stereocenters. The standard InChI is InChI=1S/C10H9N2O/c13-10-7-4-8-11-12(10)9-5-2-1-3-6-9/h2-3,5-6,8H,4,7H2. The second-order valence-electron chi connectivity index (χ2n) is 2.80. The van der Waals surface area contributed by atoms with Crippen molar-refractivity contribution in [1.82, 2.24) is 0 Å². The molecule has 0 spiro atoms. The van der Waals surface area contributed by atoms with Crippen molar-refractivity contribution in [1.29, 1.82) is 0 Å². The molecule has 0 fully saturated rings. The number of carbonyl (C=O) groups excluding carboxylic acids is 1. The summed E-state index contributed by atoms with van der Waals surface area (Å²) >= 11 is 0. The zero-order chi connectivity index (χ0) is 9.10. The molecule has 1 aromatic rings. The highest BCUT2D eigenvalue weighted by molar-refractivity contribution is 5.96. The molecule has 0 N–H and O–H groups in total. The quantitative estimate of drug-likeness (QED) is 0.634. The normalized spacial score (nSPS) is 16.3. The van der Waals surface area contributed by atoms with Gasteiger partial charge in [-0.25, -0.2) is 5.01 Å². The third kappa shape index (κ3) is 1.59. The van der Waals surface area contributed by atoms with E-state index in [0.29, 0.717) is 6.42 Å². The first kappa shape index (κ1) is 7.98. The highest BCUT2D eigenvalue weighted by atomic mass is 16.2. The zero-order valence-electron chi connectivity index (χ0n) is 7.10. The van der Waals surface area contributed by atoms with Crippen molar-refractivity contribution in [2.45, 2.75) is 12.8 Å². The molecule has 65 valence electrons. The van der Waals surface area contributed by atoms with E-state index in [1.807, 2.05) is 12.1 Å². The van der Waals surface area contributed by atoms with Gasteiger partial charge in [-0.3, -0.25) is 4.79 Å². The highest BCUT2D eigenvalue weighted by Crippen LogP contribution is 2.16. The monoisotopic (exact) mass is 173 g/mol. The molecule has 0 saturated heterocycles. The van der Waals surface area contributed by atoms with Crippen molar-refractivity contribution in [3.05, 3.63) is 30.3 Å². The lowest BCUT2D eigenvalue weighted by atomic mass is 10.2. The molecule has 1 heterocycles. The van der Waals surface area contributed by atoms with Crippen LogP contribution in [0.25, 0.3) is 0 Å². The predicted molar refractivity (Wildman–Crippen MR) is 50.5 cm³/mol. The number of rotatable bonds is 1. The Hall–Kier alpha value is -1.64. The fraction of sp³-hybridized carbons (Fsp3) is 0.200. The van der Waals surface area contributed by atoms with Crippen LogP contribution in [0.1, 0.15) is 12.8 Å². The van der Waals surface area contributed by atoms with Crippen molar-refractivity contribution >= 4 is 17.8 Å². The summed E-state index contributed by atoms with van der Waals surface area (Å²) in [5, 5.41) is 5.45. The molecule has 1 aliphatic rings. The van der Waals surface area contributed by atoms with Gasteiger partial charge in [0.25, 0.3) is 0 Å². The van der Waals surface area contributed by atoms with Gasteiger partial charge in [0.1, 0.15) is 0 Å². The maximum absolute atomic E-state index is 11.4. The van der Waals surface area contributed by atoms with Gasteiger partial charge in [0, 0.05) is 12.6 Å². The minimum Gasteiger partial charge on any atom is -0.273 e. The van der Waals surface area contributed by atoms with Gasteiger partial charge in [0.05, 0.1) is 5.69 Å². The lowest BCUT2D eigenvalue weighted by Crippen LogP contribution is -2.28. The van der Waals surface area contributed by atoms with Crippen LogP contribution in [-0.2, 0) is 4.79 Å². The van der Waals surface area contributed by atoms with Crippen LogP contribution >= 0.6 is 0 Å². The third-order valence-electron chi connectivity index (χ3n) is 1.87. The van der Waals surface area contributed by atoms with Gasteiger partial charge < -0.3 is 0 Å². The number of carbonyl (C=O) groups is 1. The summed E-state index contributed by atoms with van der Waals surface area (Å²) in [5.74, 6) is 0.0497. The molecule has 1 aliphatic heterocycles. The van der Waals surface area contributed by atoms with Crippen molar-refractivity contribution < 1.29 is 4.79 Å². The van der Waals surface area contributed by atoms with Crippen molar-refractivity contribution in [2.75, 3.05) is 5.01 Å². The van der Waals surface area contributed by atoms with Crippen LogP contribution in [0.2, 0.25) is 0 Å². The Balaban J connectivity index is 2.30. The Kier molecular flexibility index (Phi) is 2.08. The fourth-order valence-corrected chi connectivity index (χ4v) is 1.23. The van der Waals surface area contributed by atoms with Gasteiger partial charge in [-0.05, 0) is 24.6 Å². The van der Waals surface area contributed by atoms with Crippen molar-refractivity contribution in [3.63, 3.8) is 0 Å². The zero-order valence-corrected chi connectivity index (χ0v) is 7.10. The van der Waals surface area contributed by atoms with E-state index in [1.165, 1.54) is 5.01 Å². The van der Waals surface area contributed by atoms with Crippen LogP contribution in [-0.4, -0.2) is 12.1 Å². The Morgan fingerprint density at radius 3 is 2.85 bits per heavy atom. The molecule has 1 radical (unpaired) electrons. The molecule has 1 aromatic carbocycles. The Morgan fingerprint density at radius 1 is 1.38 bits per heavy atom. The molecule has 0 aliphatic carbocycles. The molecule has 1 amide bonds. The number of nitrogens with zero attached hydrogens (tertiary/aromatic N) is 2. The number of hydrogen-bond acceptors (Lipinski definition) is 2. The van der Waals surface area contributed by atoms with Crippen molar-refractivity contribution in [2.24, 2.45) is 5.10 Å². The SMILES string of the molecule is O=C1CCC=NN1c1cc[c]cc1. The Morgan fingerprint density at radius 2 is 2.15 bits per heavy atom. The summed E-state index contributed by atoms with van der Waals surface area (Å²) in [6.45, 7) is 0. The van der Waals surface area contributed by atoms with E-state index in [-0.39, 0.29) is 5.91 Å². The van der Waals surface area contributed by atoms with E-state index in [4.69, 9.17) is 0 Å². The number of hydrogen-bond donors (Lipinski definition) is 0. The summed E-state index contributed by atoms with van der Waals surface area (Å²) in [7, 11) is 0. The van der Waals surface area contributed by atoms with Crippen molar-refractivity contribution in [3.8, 4) is 0 Å². The number of hydrazone groups is 1. The first-order valence-electron chi connectivity index (χ1n) is 4.19. The van der Waals surface area contributed by atoms with Gasteiger partial charge in [0.2, 0.25) is 5.91 Å². The molecule has 3 heteroatoms. The van der Waals surface area contributed by atoms with Crippen LogP contribution in [0.5, 0.6) is 0 Å². The van der Waals surface area contributed by atoms with E-state index >= 15 is 0 Å². The average Bonchev–Trinajstić information content (AvgIpc) is 2.20. The number of anilines is 1. The second-order valence-corrected chi connectivity index (χ2v) is 2.80. The summed E-state index contributed by atoms with van der Waals surface area (Å²) in [5.41, 5.74) is 0.805. The molecular weight excluding hydrogens is 164 g/mol. The van der Waals surface area contributed by atoms with E-state index in [1.54, 1.807) is 18.3 Å². The molecule has 13 heavy (non-hydrogen) atoms. The predicted octanol–water partition coefficient (Wildman–Crippen LogP) is 1.60. The first-order valence-corrected chi connectivity index (χ1v) is 4.19. The lowest BCUT2D eigenvalue weighted by molar-refractivity contribution is -0.118. The molecule has 0 saturated carbocycles. The number of benzene rings is 1. The van der Waals surface area contributed by atoms with Gasteiger partial charge in [0.15, 0.2) is 0 Å². The topological polar surface area (TPSA) is 32.7 Å². The van der Waals surface area contributed by atoms with Gasteiger partial charge in [-0.1, -0.05) is 12.1 Å². The first-order chi connectivity index (χ1) is 6.38. The van der Waals surface area contributed by atoms with Gasteiger partial charge >= 0.3 is 0 Å². The van der Waals surface area contributed by atoms with Crippen LogP contribution < -0.4 is 5.01 Å². The smallest absolute Gasteiger partial charge is 0.247 e. The highest BCUT2D eigenvalue weighted by Gasteiger charge is 2.16. The molecule has 2 rings (SSSR count). The largest absolute Gasteiger partial charge is 0.273 e. The van der Waals surface area contributed by atoms with E-state index in [0.717, 1.165) is 12.1 Å². The molecule has 0 atom stereocenters. The summed E-state index contributed by atoms with van der Waals surface area (Å²) in [4.78, 5) is 11.4. The van der Waals surface area contributed by atoms with Gasteiger partial charge in [-0.15, -0.1) is 0 Å². The summed E-state index contributed by atoms with van der Waals surface area (Å²) in [6, 6.07) is 10.1. The lowest BCUT2D eigenvalue weighted by Gasteiger charge is -2.19. The van der Waals surface area contributed by atoms with Crippen LogP contribution in [0.15, 0.2) is 29.4 Å². The maximum Gasteiger partial charge on any atom is 0.247 e. The average molecular weight is 173 g/mol. The molecular formula is C10H9N2O. The van der Waals surface area contributed by atoms with E-state index in [9.17, 15) is 4.79 Å². The Labute approximate surface area is 76.7 Å². The third-order valence-corrected chi connectivity index (χ3v) is 1.87. The van der Waals surface area contributed by atoms with Gasteiger partial charge in [-0.2, -0.15) is 5.10 Å². The summed E-state index contributed by atoms with van der Waals surface area (Å²) in [6.07, 6.45) is 3.05. The molecule has 0 aromatic heterocycles. The van der Waals surface area contributed by atoms with E-state index in [2.05, 4.69) is 11.2 Å². The number of amides is 1. The molecule has 0 bridgehead atoms. The second kappa shape index (κ2) is 3.39. The maximum atomic E-state index is 11.4. The van der Waals surface area contributed by atoms with Crippen LogP contribution in [0.4, 0.5) is 5.69 Å². The fourth-order valence-electron chi connectivity index (χ4n) is 1.23.